The molecule has 0 aliphatic heterocycles. The van der Waals surface area contributed by atoms with E-state index in [9.17, 15) is 13.2 Å². The molecule has 1 N–H and O–H groups in total. The summed E-state index contributed by atoms with van der Waals surface area (Å²) in [5, 5.41) is 2.96. The molecule has 0 aromatic rings. The van der Waals surface area contributed by atoms with Gasteiger partial charge in [-0.15, -0.1) is 0 Å². The second-order valence-electron chi connectivity index (χ2n) is 4.25. The summed E-state index contributed by atoms with van der Waals surface area (Å²) in [4.78, 5) is 0. The zero-order chi connectivity index (χ0) is 11.9. The zero-order valence-corrected chi connectivity index (χ0v) is 9.48. The van der Waals surface area contributed by atoms with E-state index in [1.165, 1.54) is 12.8 Å². The van der Waals surface area contributed by atoms with Crippen LogP contribution >= 0.6 is 0 Å². The standard InChI is InChI=1S/C11H20F3NO/c12-11(13,14)6-3-7-15-8-9-16-10-4-1-2-5-10/h10,15H,1-9H2. The highest BCUT2D eigenvalue weighted by molar-refractivity contribution is 4.66. The Morgan fingerprint density at radius 1 is 1.12 bits per heavy atom. The van der Waals surface area contributed by atoms with E-state index in [2.05, 4.69) is 5.32 Å². The van der Waals surface area contributed by atoms with Crippen molar-refractivity contribution in [3.05, 3.63) is 0 Å². The minimum Gasteiger partial charge on any atom is -0.377 e. The minimum absolute atomic E-state index is 0.146. The topological polar surface area (TPSA) is 21.3 Å². The molecule has 1 fully saturated rings. The number of hydrogen-bond donors (Lipinski definition) is 1. The van der Waals surface area contributed by atoms with Crippen molar-refractivity contribution >= 4 is 0 Å². The number of alkyl halides is 3. The van der Waals surface area contributed by atoms with Crippen molar-refractivity contribution in [2.45, 2.75) is 50.8 Å². The molecule has 16 heavy (non-hydrogen) atoms. The Morgan fingerprint density at radius 2 is 1.81 bits per heavy atom. The average Bonchev–Trinajstić information content (AvgIpc) is 2.67. The molecule has 5 heteroatoms. The van der Waals surface area contributed by atoms with Gasteiger partial charge in [-0.2, -0.15) is 13.2 Å². The Balaban J connectivity index is 1.81. The maximum absolute atomic E-state index is 11.8. The van der Waals surface area contributed by atoms with Gasteiger partial charge < -0.3 is 10.1 Å². The Hall–Kier alpha value is -0.290. The molecule has 1 rings (SSSR count). The number of nitrogens with one attached hydrogen (secondary N) is 1. The predicted molar refractivity (Wildman–Crippen MR) is 56.4 cm³/mol. The van der Waals surface area contributed by atoms with Crippen molar-refractivity contribution in [3.63, 3.8) is 0 Å². The summed E-state index contributed by atoms with van der Waals surface area (Å²) in [5.74, 6) is 0. The van der Waals surface area contributed by atoms with Crippen LogP contribution in [0.1, 0.15) is 38.5 Å². The van der Waals surface area contributed by atoms with Crippen molar-refractivity contribution < 1.29 is 17.9 Å². The van der Waals surface area contributed by atoms with Gasteiger partial charge in [-0.3, -0.25) is 0 Å². The summed E-state index contributed by atoms with van der Waals surface area (Å²) in [5.41, 5.74) is 0. The molecular formula is C11H20F3NO. The van der Waals surface area contributed by atoms with Gasteiger partial charge in [-0.1, -0.05) is 12.8 Å². The summed E-state index contributed by atoms with van der Waals surface area (Å²) in [7, 11) is 0. The van der Waals surface area contributed by atoms with Gasteiger partial charge in [0.05, 0.1) is 12.7 Å². The fraction of sp³-hybridized carbons (Fsp3) is 1.00. The fourth-order valence-electron chi connectivity index (χ4n) is 1.89. The minimum atomic E-state index is -4.03. The molecule has 0 unspecified atom stereocenters. The molecule has 0 bridgehead atoms. The van der Waals surface area contributed by atoms with Gasteiger partial charge >= 0.3 is 6.18 Å². The first-order valence-corrected chi connectivity index (χ1v) is 5.97. The maximum Gasteiger partial charge on any atom is 0.389 e. The first kappa shape index (κ1) is 13.8. The SMILES string of the molecule is FC(F)(F)CCCNCCOC1CCCC1. The van der Waals surface area contributed by atoms with Gasteiger partial charge in [0.1, 0.15) is 0 Å². The molecule has 1 saturated carbocycles. The monoisotopic (exact) mass is 239 g/mol. The van der Waals surface area contributed by atoms with Gasteiger partial charge in [-0.05, 0) is 25.8 Å². The summed E-state index contributed by atoms with van der Waals surface area (Å²) in [6.07, 6.45) is 0.547. The van der Waals surface area contributed by atoms with Crippen LogP contribution in [0, 0.1) is 0 Å². The second-order valence-corrected chi connectivity index (χ2v) is 4.25. The van der Waals surface area contributed by atoms with Crippen molar-refractivity contribution in [2.24, 2.45) is 0 Å². The molecule has 96 valence electrons. The molecule has 0 amide bonds. The lowest BCUT2D eigenvalue weighted by atomic mass is 10.3. The third-order valence-corrected chi connectivity index (χ3v) is 2.75. The fourth-order valence-corrected chi connectivity index (χ4v) is 1.89. The molecule has 0 saturated heterocycles. The number of halogens is 3. The van der Waals surface area contributed by atoms with Crippen LogP contribution in [0.25, 0.3) is 0 Å². The van der Waals surface area contributed by atoms with Crippen molar-refractivity contribution in [2.75, 3.05) is 19.7 Å². The highest BCUT2D eigenvalue weighted by Crippen LogP contribution is 2.21. The van der Waals surface area contributed by atoms with Crippen LogP contribution in [-0.2, 0) is 4.74 Å². The lowest BCUT2D eigenvalue weighted by Gasteiger charge is -2.11. The van der Waals surface area contributed by atoms with Gasteiger partial charge in [0, 0.05) is 13.0 Å². The van der Waals surface area contributed by atoms with Gasteiger partial charge in [0.25, 0.3) is 0 Å². The molecule has 0 heterocycles. The van der Waals surface area contributed by atoms with Gasteiger partial charge in [0.2, 0.25) is 0 Å². The number of hydrogen-bond acceptors (Lipinski definition) is 2. The van der Waals surface area contributed by atoms with E-state index in [-0.39, 0.29) is 6.42 Å². The zero-order valence-electron chi connectivity index (χ0n) is 9.48. The largest absolute Gasteiger partial charge is 0.389 e. The van der Waals surface area contributed by atoms with Gasteiger partial charge in [0.15, 0.2) is 0 Å². The lowest BCUT2D eigenvalue weighted by Crippen LogP contribution is -2.24. The molecule has 1 aliphatic carbocycles. The summed E-state index contributed by atoms with van der Waals surface area (Å²) in [6.45, 7) is 1.67. The first-order valence-electron chi connectivity index (χ1n) is 5.97. The van der Waals surface area contributed by atoms with E-state index < -0.39 is 12.6 Å². The number of rotatable bonds is 7. The molecule has 0 radical (unpaired) electrons. The summed E-state index contributed by atoms with van der Waals surface area (Å²) < 4.78 is 40.9. The quantitative estimate of drug-likeness (QED) is 0.690. The average molecular weight is 239 g/mol. The van der Waals surface area contributed by atoms with E-state index >= 15 is 0 Å². The Bertz CT molecular complexity index is 179. The second kappa shape index (κ2) is 7.12. The van der Waals surface area contributed by atoms with Crippen LogP contribution in [-0.4, -0.2) is 32.0 Å². The van der Waals surface area contributed by atoms with Crippen LogP contribution in [0.5, 0.6) is 0 Å². The Morgan fingerprint density at radius 3 is 2.44 bits per heavy atom. The first-order chi connectivity index (χ1) is 7.58. The molecule has 0 aromatic heterocycles. The summed E-state index contributed by atoms with van der Waals surface area (Å²) in [6, 6.07) is 0. The highest BCUT2D eigenvalue weighted by atomic mass is 19.4. The van der Waals surface area contributed by atoms with Crippen molar-refractivity contribution in [1.29, 1.82) is 0 Å². The lowest BCUT2D eigenvalue weighted by molar-refractivity contribution is -0.135. The van der Waals surface area contributed by atoms with Crippen LogP contribution in [0.15, 0.2) is 0 Å². The molecular weight excluding hydrogens is 219 g/mol. The van der Waals surface area contributed by atoms with Gasteiger partial charge in [-0.25, -0.2) is 0 Å². The van der Waals surface area contributed by atoms with Crippen LogP contribution in [0.3, 0.4) is 0 Å². The van der Waals surface area contributed by atoms with E-state index in [0.29, 0.717) is 25.8 Å². The van der Waals surface area contributed by atoms with Crippen LogP contribution in [0.4, 0.5) is 13.2 Å². The van der Waals surface area contributed by atoms with E-state index in [0.717, 1.165) is 12.8 Å². The number of ether oxygens (including phenoxy) is 1. The third-order valence-electron chi connectivity index (χ3n) is 2.75. The molecule has 0 atom stereocenters. The predicted octanol–water partition coefficient (Wildman–Crippen LogP) is 2.88. The van der Waals surface area contributed by atoms with E-state index in [1.54, 1.807) is 0 Å². The van der Waals surface area contributed by atoms with E-state index in [1.807, 2.05) is 0 Å². The summed E-state index contributed by atoms with van der Waals surface area (Å²) >= 11 is 0. The third kappa shape index (κ3) is 7.06. The smallest absolute Gasteiger partial charge is 0.377 e. The van der Waals surface area contributed by atoms with Crippen LogP contribution in [0.2, 0.25) is 0 Å². The molecule has 2 nitrogen and oxygen atoms in total. The highest BCUT2D eigenvalue weighted by Gasteiger charge is 2.25. The van der Waals surface area contributed by atoms with Crippen molar-refractivity contribution in [3.8, 4) is 0 Å². The molecule has 1 aliphatic rings. The Kier molecular flexibility index (Phi) is 6.13. The normalized spacial score (nSPS) is 18.2. The maximum atomic E-state index is 11.8. The Labute approximate surface area is 94.5 Å². The van der Waals surface area contributed by atoms with Crippen molar-refractivity contribution in [1.82, 2.24) is 5.32 Å². The van der Waals surface area contributed by atoms with E-state index in [4.69, 9.17) is 4.74 Å². The molecule has 0 spiro atoms. The molecule has 0 aromatic carbocycles. The van der Waals surface area contributed by atoms with Crippen LogP contribution < -0.4 is 5.32 Å².